The number of hydrogen-bond donors (Lipinski definition) is 2. The molecule has 0 radical (unpaired) electrons. The van der Waals surface area contributed by atoms with Gasteiger partial charge in [0.1, 0.15) is 23.9 Å². The van der Waals surface area contributed by atoms with E-state index in [0.29, 0.717) is 24.8 Å². The summed E-state index contributed by atoms with van der Waals surface area (Å²) in [6.45, 7) is 10.4. The fourth-order valence-electron chi connectivity index (χ4n) is 3.19. The Hall–Kier alpha value is -3.34. The lowest BCUT2D eigenvalue weighted by Crippen LogP contribution is -2.52. The van der Waals surface area contributed by atoms with E-state index in [9.17, 15) is 24.3 Å². The molecule has 208 valence electrons. The molecular weight excluding hydrogens is 486 g/mol. The van der Waals surface area contributed by atoms with Crippen molar-refractivity contribution in [2.45, 2.75) is 104 Å². The topological polar surface area (TPSA) is 161 Å². The lowest BCUT2D eigenvalue weighted by atomic mass is 9.86. The molecule has 1 rings (SSSR count). The summed E-state index contributed by atoms with van der Waals surface area (Å²) in [5, 5.41) is 9.85. The van der Waals surface area contributed by atoms with Crippen LogP contribution in [0, 0.1) is 0 Å². The molecule has 0 heterocycles. The standard InChI is InChI=1S/C26H39NO10/c1-7-10-22(28)33-18(6)14-26(27,23(29)30)15-19-11-12-20(36-24(31)34-16(4)8-2)21(13-19)37-25(32)35-17(5)9-3/h11-13,16-18H,7-10,14-15,27H2,1-6H3,(H,29,30)/t16?,17?,18-,26?/m0/s1. The van der Waals surface area contributed by atoms with Crippen LogP contribution in [0.25, 0.3) is 0 Å². The van der Waals surface area contributed by atoms with Crippen LogP contribution in [0.15, 0.2) is 18.2 Å². The maximum atomic E-state index is 12.3. The second kappa shape index (κ2) is 15.0. The minimum Gasteiger partial charge on any atom is -0.480 e. The largest absolute Gasteiger partial charge is 0.514 e. The number of nitrogens with two attached hydrogens (primary N) is 1. The molecule has 1 aromatic carbocycles. The van der Waals surface area contributed by atoms with Crippen LogP contribution in [0.4, 0.5) is 9.59 Å². The van der Waals surface area contributed by atoms with Crippen molar-refractivity contribution in [3.63, 3.8) is 0 Å². The average Bonchev–Trinajstić information content (AvgIpc) is 2.80. The molecule has 0 bridgehead atoms. The summed E-state index contributed by atoms with van der Waals surface area (Å²) in [5.41, 5.74) is 4.78. The molecule has 0 aliphatic heterocycles. The molecule has 0 aliphatic carbocycles. The van der Waals surface area contributed by atoms with Crippen LogP contribution in [0.1, 0.15) is 79.2 Å². The molecule has 37 heavy (non-hydrogen) atoms. The summed E-state index contributed by atoms with van der Waals surface area (Å²) in [4.78, 5) is 48.3. The molecule has 0 aliphatic rings. The van der Waals surface area contributed by atoms with E-state index in [1.807, 2.05) is 20.8 Å². The van der Waals surface area contributed by atoms with Crippen LogP contribution < -0.4 is 15.2 Å². The third-order valence-electron chi connectivity index (χ3n) is 5.52. The Morgan fingerprint density at radius 2 is 1.41 bits per heavy atom. The van der Waals surface area contributed by atoms with E-state index in [0.717, 1.165) is 0 Å². The summed E-state index contributed by atoms with van der Waals surface area (Å²) in [5.74, 6) is -2.05. The number of carbonyl (C=O) groups excluding carboxylic acids is 3. The van der Waals surface area contributed by atoms with Crippen molar-refractivity contribution < 1.29 is 48.0 Å². The highest BCUT2D eigenvalue weighted by Gasteiger charge is 2.37. The van der Waals surface area contributed by atoms with Gasteiger partial charge >= 0.3 is 24.2 Å². The second-order valence-corrected chi connectivity index (χ2v) is 9.05. The van der Waals surface area contributed by atoms with Crippen LogP contribution in [-0.2, 0) is 30.2 Å². The van der Waals surface area contributed by atoms with Gasteiger partial charge in [0.05, 0.1) is 0 Å². The van der Waals surface area contributed by atoms with Gasteiger partial charge < -0.3 is 34.5 Å². The number of carboxylic acid groups (broad SMARTS) is 1. The Morgan fingerprint density at radius 1 is 0.865 bits per heavy atom. The third kappa shape index (κ3) is 11.1. The molecule has 11 nitrogen and oxygen atoms in total. The van der Waals surface area contributed by atoms with Gasteiger partial charge in [-0.25, -0.2) is 9.59 Å². The van der Waals surface area contributed by atoms with Gasteiger partial charge in [0, 0.05) is 19.3 Å². The van der Waals surface area contributed by atoms with Gasteiger partial charge in [-0.2, -0.15) is 0 Å². The fraction of sp³-hybridized carbons (Fsp3) is 0.615. The maximum Gasteiger partial charge on any atom is 0.514 e. The van der Waals surface area contributed by atoms with Crippen molar-refractivity contribution in [2.75, 3.05) is 0 Å². The van der Waals surface area contributed by atoms with Crippen molar-refractivity contribution in [1.82, 2.24) is 0 Å². The quantitative estimate of drug-likeness (QED) is 0.196. The van der Waals surface area contributed by atoms with E-state index in [1.54, 1.807) is 20.8 Å². The first kappa shape index (κ1) is 31.7. The Labute approximate surface area is 217 Å². The lowest BCUT2D eigenvalue weighted by Gasteiger charge is -2.28. The molecule has 0 saturated carbocycles. The number of esters is 1. The first-order valence-corrected chi connectivity index (χ1v) is 12.4. The smallest absolute Gasteiger partial charge is 0.480 e. The molecule has 0 spiro atoms. The van der Waals surface area contributed by atoms with Gasteiger partial charge in [-0.3, -0.25) is 9.59 Å². The lowest BCUT2D eigenvalue weighted by molar-refractivity contribution is -0.153. The highest BCUT2D eigenvalue weighted by atomic mass is 16.7. The van der Waals surface area contributed by atoms with Crippen LogP contribution in [0.5, 0.6) is 11.5 Å². The van der Waals surface area contributed by atoms with Crippen molar-refractivity contribution in [3.05, 3.63) is 23.8 Å². The summed E-state index contributed by atoms with van der Waals surface area (Å²) >= 11 is 0. The fourth-order valence-corrected chi connectivity index (χ4v) is 3.19. The van der Waals surface area contributed by atoms with Gasteiger partial charge in [0.2, 0.25) is 0 Å². The van der Waals surface area contributed by atoms with Crippen molar-refractivity contribution in [2.24, 2.45) is 5.73 Å². The predicted octanol–water partition coefficient (Wildman–Crippen LogP) is 4.76. The number of benzene rings is 1. The normalized spacial score (nSPS) is 14.9. The highest BCUT2D eigenvalue weighted by Crippen LogP contribution is 2.31. The van der Waals surface area contributed by atoms with E-state index in [2.05, 4.69) is 0 Å². The molecular formula is C26H39NO10. The van der Waals surface area contributed by atoms with Crippen LogP contribution in [0.2, 0.25) is 0 Å². The molecule has 3 unspecified atom stereocenters. The summed E-state index contributed by atoms with van der Waals surface area (Å²) in [7, 11) is 0. The van der Waals surface area contributed by atoms with E-state index < -0.39 is 48.1 Å². The molecule has 4 atom stereocenters. The number of aliphatic carboxylic acids is 1. The molecule has 1 aromatic rings. The summed E-state index contributed by atoms with van der Waals surface area (Å²) < 4.78 is 26.0. The van der Waals surface area contributed by atoms with Gasteiger partial charge in [-0.1, -0.05) is 26.8 Å². The second-order valence-electron chi connectivity index (χ2n) is 9.05. The Morgan fingerprint density at radius 3 is 1.89 bits per heavy atom. The number of rotatable bonds is 14. The molecule has 11 heteroatoms. The highest BCUT2D eigenvalue weighted by molar-refractivity contribution is 5.79. The zero-order valence-corrected chi connectivity index (χ0v) is 22.4. The number of carboxylic acids is 1. The Balaban J connectivity index is 3.20. The molecule has 0 fully saturated rings. The van der Waals surface area contributed by atoms with Crippen LogP contribution in [0.3, 0.4) is 0 Å². The number of ether oxygens (including phenoxy) is 5. The Kier molecular flexibility index (Phi) is 12.9. The first-order valence-electron chi connectivity index (χ1n) is 12.4. The summed E-state index contributed by atoms with van der Waals surface area (Å²) in [6.07, 6.45) is -2.03. The first-order chi connectivity index (χ1) is 17.3. The van der Waals surface area contributed by atoms with Crippen molar-refractivity contribution in [1.29, 1.82) is 0 Å². The SMILES string of the molecule is CCCC(=O)O[C@@H](C)CC(N)(Cc1ccc(OC(=O)OC(C)CC)c(OC(=O)OC(C)CC)c1)C(=O)O. The molecule has 0 aromatic heterocycles. The average molecular weight is 526 g/mol. The molecule has 0 saturated heterocycles. The van der Waals surface area contributed by atoms with E-state index in [1.165, 1.54) is 18.2 Å². The van der Waals surface area contributed by atoms with E-state index >= 15 is 0 Å². The number of hydrogen-bond acceptors (Lipinski definition) is 10. The third-order valence-corrected chi connectivity index (χ3v) is 5.52. The zero-order valence-electron chi connectivity index (χ0n) is 22.4. The van der Waals surface area contributed by atoms with E-state index in [-0.39, 0.29) is 30.8 Å². The summed E-state index contributed by atoms with van der Waals surface area (Å²) in [6, 6.07) is 4.16. The van der Waals surface area contributed by atoms with Crippen molar-refractivity contribution >= 4 is 24.2 Å². The monoisotopic (exact) mass is 525 g/mol. The molecule has 3 N–H and O–H groups in total. The molecule has 0 amide bonds. The predicted molar refractivity (Wildman–Crippen MR) is 134 cm³/mol. The van der Waals surface area contributed by atoms with Gasteiger partial charge in [0.15, 0.2) is 11.5 Å². The Bertz CT molecular complexity index is 934. The van der Waals surface area contributed by atoms with Crippen molar-refractivity contribution in [3.8, 4) is 11.5 Å². The minimum absolute atomic E-state index is 0.127. The van der Waals surface area contributed by atoms with Crippen LogP contribution >= 0.6 is 0 Å². The van der Waals surface area contributed by atoms with E-state index in [4.69, 9.17) is 29.4 Å². The van der Waals surface area contributed by atoms with Gasteiger partial charge in [-0.05, 0) is 57.7 Å². The van der Waals surface area contributed by atoms with Gasteiger partial charge in [0.25, 0.3) is 0 Å². The maximum absolute atomic E-state index is 12.3. The minimum atomic E-state index is -1.81. The number of carbonyl (C=O) groups is 4. The van der Waals surface area contributed by atoms with Crippen LogP contribution in [-0.4, -0.2) is 53.2 Å². The zero-order chi connectivity index (χ0) is 28.2. The van der Waals surface area contributed by atoms with Gasteiger partial charge in [-0.15, -0.1) is 0 Å².